The molecule has 2 N–H and O–H groups in total. The Labute approximate surface area is 100 Å². The molecule has 0 aliphatic heterocycles. The van der Waals surface area contributed by atoms with Crippen molar-refractivity contribution in [1.29, 1.82) is 0 Å². The van der Waals surface area contributed by atoms with E-state index in [4.69, 9.17) is 16.7 Å². The van der Waals surface area contributed by atoms with E-state index >= 15 is 0 Å². The normalized spacial score (nSPS) is 11.6. The summed E-state index contributed by atoms with van der Waals surface area (Å²) in [6.45, 7) is 4.21. The van der Waals surface area contributed by atoms with Gasteiger partial charge in [-0.15, -0.1) is 0 Å². The predicted octanol–water partition coefficient (Wildman–Crippen LogP) is 1.43. The molecule has 0 aliphatic rings. The maximum absolute atomic E-state index is 11.8. The molecule has 5 heteroatoms. The van der Waals surface area contributed by atoms with E-state index in [0.29, 0.717) is 17.3 Å². The second kappa shape index (κ2) is 4.89. The number of hydrogen-bond acceptors (Lipinski definition) is 2. The number of aromatic nitrogens is 1. The molecule has 0 spiro atoms. The molecular formula is C11H17ClN2O2. The van der Waals surface area contributed by atoms with Gasteiger partial charge in [0.15, 0.2) is 0 Å². The van der Waals surface area contributed by atoms with Crippen LogP contribution in [-0.4, -0.2) is 28.7 Å². The SMILES string of the molecule is Cn1cc(Cl)cc1C(=O)NCC(C)(C)CO. The van der Waals surface area contributed by atoms with E-state index in [9.17, 15) is 4.79 Å². The van der Waals surface area contributed by atoms with Crippen LogP contribution in [0, 0.1) is 5.41 Å². The molecule has 0 aliphatic carbocycles. The summed E-state index contributed by atoms with van der Waals surface area (Å²) < 4.78 is 1.67. The van der Waals surface area contributed by atoms with Gasteiger partial charge in [-0.2, -0.15) is 0 Å². The summed E-state index contributed by atoms with van der Waals surface area (Å²) in [7, 11) is 1.76. The number of rotatable bonds is 4. The lowest BCUT2D eigenvalue weighted by molar-refractivity contribution is 0.0903. The summed E-state index contributed by atoms with van der Waals surface area (Å²) in [5.41, 5.74) is 0.198. The third-order valence-electron chi connectivity index (χ3n) is 2.36. The highest BCUT2D eigenvalue weighted by molar-refractivity contribution is 6.31. The summed E-state index contributed by atoms with van der Waals surface area (Å²) >= 11 is 5.79. The first-order valence-electron chi connectivity index (χ1n) is 5.07. The first-order chi connectivity index (χ1) is 7.35. The average Bonchev–Trinajstić information content (AvgIpc) is 2.54. The number of aliphatic hydroxyl groups is 1. The molecule has 1 aromatic rings. The molecule has 16 heavy (non-hydrogen) atoms. The molecule has 0 fully saturated rings. The number of carbonyl (C=O) groups excluding carboxylic acids is 1. The Morgan fingerprint density at radius 3 is 2.69 bits per heavy atom. The summed E-state index contributed by atoms with van der Waals surface area (Å²) in [5, 5.41) is 12.4. The summed E-state index contributed by atoms with van der Waals surface area (Å²) in [5.74, 6) is -0.184. The van der Waals surface area contributed by atoms with Crippen LogP contribution in [0.25, 0.3) is 0 Å². The molecule has 0 bridgehead atoms. The summed E-state index contributed by atoms with van der Waals surface area (Å²) in [4.78, 5) is 11.8. The van der Waals surface area contributed by atoms with E-state index in [1.54, 1.807) is 23.9 Å². The van der Waals surface area contributed by atoms with Gasteiger partial charge in [-0.1, -0.05) is 25.4 Å². The summed E-state index contributed by atoms with van der Waals surface area (Å²) in [6, 6.07) is 1.61. The van der Waals surface area contributed by atoms with Gasteiger partial charge in [0.25, 0.3) is 5.91 Å². The number of aryl methyl sites for hydroxylation is 1. The molecule has 4 nitrogen and oxygen atoms in total. The maximum Gasteiger partial charge on any atom is 0.267 e. The Hall–Kier alpha value is -1.00. The summed E-state index contributed by atoms with van der Waals surface area (Å²) in [6.07, 6.45) is 1.67. The van der Waals surface area contributed by atoms with Gasteiger partial charge in [0.1, 0.15) is 5.69 Å². The zero-order valence-electron chi connectivity index (χ0n) is 9.75. The van der Waals surface area contributed by atoms with Gasteiger partial charge in [0, 0.05) is 31.8 Å². The van der Waals surface area contributed by atoms with Gasteiger partial charge in [0.2, 0.25) is 0 Å². The minimum atomic E-state index is -0.315. The molecule has 0 aromatic carbocycles. The molecule has 1 amide bonds. The Kier molecular flexibility index (Phi) is 3.99. The fraction of sp³-hybridized carbons (Fsp3) is 0.545. The van der Waals surface area contributed by atoms with Crippen LogP contribution in [0.1, 0.15) is 24.3 Å². The van der Waals surface area contributed by atoms with Crippen LogP contribution in [0.4, 0.5) is 0 Å². The molecule has 0 saturated heterocycles. The number of nitrogens with one attached hydrogen (secondary N) is 1. The monoisotopic (exact) mass is 244 g/mol. The number of amides is 1. The van der Waals surface area contributed by atoms with Crippen LogP contribution in [0.3, 0.4) is 0 Å². The van der Waals surface area contributed by atoms with Crippen LogP contribution >= 0.6 is 11.6 Å². The Morgan fingerprint density at radius 1 is 1.62 bits per heavy atom. The Balaban J connectivity index is 2.63. The molecule has 1 rings (SSSR count). The lowest BCUT2D eigenvalue weighted by Crippen LogP contribution is -2.36. The van der Waals surface area contributed by atoms with Crippen molar-refractivity contribution in [3.8, 4) is 0 Å². The second-order valence-corrected chi connectivity index (χ2v) is 5.10. The molecule has 1 aromatic heterocycles. The fourth-order valence-corrected chi connectivity index (χ4v) is 1.47. The van der Waals surface area contributed by atoms with Crippen LogP contribution in [-0.2, 0) is 7.05 Å². The van der Waals surface area contributed by atoms with Crippen molar-refractivity contribution in [2.45, 2.75) is 13.8 Å². The van der Waals surface area contributed by atoms with Gasteiger partial charge >= 0.3 is 0 Å². The van der Waals surface area contributed by atoms with Gasteiger partial charge in [-0.25, -0.2) is 0 Å². The van der Waals surface area contributed by atoms with Crippen LogP contribution in [0.15, 0.2) is 12.3 Å². The second-order valence-electron chi connectivity index (χ2n) is 4.66. The van der Waals surface area contributed by atoms with Crippen molar-refractivity contribution in [3.63, 3.8) is 0 Å². The lowest BCUT2D eigenvalue weighted by Gasteiger charge is -2.21. The average molecular weight is 245 g/mol. The van der Waals surface area contributed by atoms with Gasteiger partial charge in [-0.3, -0.25) is 4.79 Å². The third kappa shape index (κ3) is 3.25. The molecule has 1 heterocycles. The highest BCUT2D eigenvalue weighted by Gasteiger charge is 2.19. The number of nitrogens with zero attached hydrogens (tertiary/aromatic N) is 1. The standard InChI is InChI=1S/C11H17ClN2O2/c1-11(2,7-15)6-13-10(16)9-4-8(12)5-14(9)3/h4-5,15H,6-7H2,1-3H3,(H,13,16). The number of aliphatic hydroxyl groups excluding tert-OH is 1. The molecule has 0 unspecified atom stereocenters. The van der Waals surface area contributed by atoms with Crippen LogP contribution < -0.4 is 5.32 Å². The van der Waals surface area contributed by atoms with E-state index in [2.05, 4.69) is 5.32 Å². The number of hydrogen-bond donors (Lipinski definition) is 2. The van der Waals surface area contributed by atoms with Gasteiger partial charge in [0.05, 0.1) is 5.02 Å². The minimum absolute atomic E-state index is 0.0289. The molecule has 90 valence electrons. The van der Waals surface area contributed by atoms with Crippen molar-refractivity contribution in [2.75, 3.05) is 13.2 Å². The van der Waals surface area contributed by atoms with Crippen molar-refractivity contribution < 1.29 is 9.90 Å². The quantitative estimate of drug-likeness (QED) is 0.842. The van der Waals surface area contributed by atoms with E-state index < -0.39 is 0 Å². The molecule has 0 atom stereocenters. The third-order valence-corrected chi connectivity index (χ3v) is 2.57. The van der Waals surface area contributed by atoms with E-state index in [0.717, 1.165) is 0 Å². The zero-order chi connectivity index (χ0) is 12.3. The predicted molar refractivity (Wildman–Crippen MR) is 63.6 cm³/mol. The van der Waals surface area contributed by atoms with Crippen LogP contribution in [0.2, 0.25) is 5.02 Å². The lowest BCUT2D eigenvalue weighted by atomic mass is 9.95. The van der Waals surface area contributed by atoms with E-state index in [-0.39, 0.29) is 17.9 Å². The fourth-order valence-electron chi connectivity index (χ4n) is 1.22. The first kappa shape index (κ1) is 13.1. The van der Waals surface area contributed by atoms with Crippen molar-refractivity contribution in [2.24, 2.45) is 12.5 Å². The topological polar surface area (TPSA) is 54.3 Å². The van der Waals surface area contributed by atoms with Crippen molar-refractivity contribution >= 4 is 17.5 Å². The molecule has 0 saturated carbocycles. The number of halogens is 1. The molecule has 0 radical (unpaired) electrons. The maximum atomic E-state index is 11.8. The minimum Gasteiger partial charge on any atom is -0.396 e. The largest absolute Gasteiger partial charge is 0.396 e. The Morgan fingerprint density at radius 2 is 2.25 bits per heavy atom. The van der Waals surface area contributed by atoms with E-state index in [1.807, 2.05) is 13.8 Å². The first-order valence-corrected chi connectivity index (χ1v) is 5.44. The zero-order valence-corrected chi connectivity index (χ0v) is 10.5. The number of carbonyl (C=O) groups is 1. The highest BCUT2D eigenvalue weighted by Crippen LogP contribution is 2.14. The highest BCUT2D eigenvalue weighted by atomic mass is 35.5. The molecular weight excluding hydrogens is 228 g/mol. The smallest absolute Gasteiger partial charge is 0.267 e. The van der Waals surface area contributed by atoms with Crippen molar-refractivity contribution in [1.82, 2.24) is 9.88 Å². The van der Waals surface area contributed by atoms with Crippen molar-refractivity contribution in [3.05, 3.63) is 23.0 Å². The van der Waals surface area contributed by atoms with Gasteiger partial charge < -0.3 is 15.0 Å². The van der Waals surface area contributed by atoms with Gasteiger partial charge in [-0.05, 0) is 6.07 Å². The van der Waals surface area contributed by atoms with Crippen LogP contribution in [0.5, 0.6) is 0 Å². The van der Waals surface area contributed by atoms with E-state index in [1.165, 1.54) is 0 Å². The Bertz CT molecular complexity index is 385.